The molecule has 4 aromatic rings. The van der Waals surface area contributed by atoms with Crippen LogP contribution >= 0.6 is 22.9 Å². The number of hydrogen-bond donors (Lipinski definition) is 1. The van der Waals surface area contributed by atoms with Crippen molar-refractivity contribution in [1.82, 2.24) is 15.0 Å². The summed E-state index contributed by atoms with van der Waals surface area (Å²) in [5.41, 5.74) is 3.20. The van der Waals surface area contributed by atoms with Gasteiger partial charge in [-0.05, 0) is 36.8 Å². The lowest BCUT2D eigenvalue weighted by Gasteiger charge is -2.16. The van der Waals surface area contributed by atoms with Gasteiger partial charge in [0.1, 0.15) is 6.61 Å². The van der Waals surface area contributed by atoms with E-state index in [9.17, 15) is 0 Å². The van der Waals surface area contributed by atoms with E-state index in [0.29, 0.717) is 5.02 Å². The fraction of sp³-hybridized carbons (Fsp3) is 0.136. The van der Waals surface area contributed by atoms with Gasteiger partial charge in [0.05, 0.1) is 20.9 Å². The van der Waals surface area contributed by atoms with Crippen molar-refractivity contribution in [2.45, 2.75) is 13.8 Å². The number of hydrogen-bond acceptors (Lipinski definition) is 6. The molecule has 7 heteroatoms. The molecular weight excluding hydrogens is 404 g/mol. The molecule has 0 aliphatic rings. The average Bonchev–Trinajstić information content (AvgIpc) is 3.10. The van der Waals surface area contributed by atoms with Crippen LogP contribution < -0.4 is 10.1 Å². The van der Waals surface area contributed by atoms with Gasteiger partial charge in [0.25, 0.3) is 0 Å². The molecule has 0 saturated carbocycles. The van der Waals surface area contributed by atoms with Crippen LogP contribution in [0.2, 0.25) is 5.02 Å². The quantitative estimate of drug-likeness (QED) is 0.381. The Morgan fingerprint density at radius 3 is 2.55 bits per heavy atom. The Bertz CT molecular complexity index is 1100. The molecule has 0 spiro atoms. The van der Waals surface area contributed by atoms with Gasteiger partial charge >= 0.3 is 6.01 Å². The predicted octanol–water partition coefficient (Wildman–Crippen LogP) is 6.55. The fourth-order valence-electron chi connectivity index (χ4n) is 2.58. The van der Waals surface area contributed by atoms with Gasteiger partial charge in [0.15, 0.2) is 5.13 Å². The topological polar surface area (TPSA) is 59.9 Å². The van der Waals surface area contributed by atoms with Gasteiger partial charge in [-0.25, -0.2) is 15.0 Å². The zero-order chi connectivity index (χ0) is 20.4. The SMILES string of the molecule is [CH2]C(C)(C)[CH]Oc1ncc(-c2ccc(Nc3nc4ccccc4s3)c(Cl)c2)cn1. The second kappa shape index (κ2) is 7.97. The van der Waals surface area contributed by atoms with E-state index in [0.717, 1.165) is 32.2 Å². The third-order valence-corrected chi connectivity index (χ3v) is 5.21. The summed E-state index contributed by atoms with van der Waals surface area (Å²) in [6.07, 6.45) is 3.41. The zero-order valence-electron chi connectivity index (χ0n) is 16.0. The van der Waals surface area contributed by atoms with Crippen molar-refractivity contribution in [3.8, 4) is 17.1 Å². The van der Waals surface area contributed by atoms with Crippen molar-refractivity contribution in [1.29, 1.82) is 0 Å². The second-order valence-electron chi connectivity index (χ2n) is 7.28. The van der Waals surface area contributed by atoms with Crippen molar-refractivity contribution in [3.63, 3.8) is 0 Å². The van der Waals surface area contributed by atoms with Crippen LogP contribution in [0.1, 0.15) is 13.8 Å². The predicted molar refractivity (Wildman–Crippen MR) is 119 cm³/mol. The van der Waals surface area contributed by atoms with Crippen molar-refractivity contribution < 1.29 is 4.74 Å². The Kier molecular flexibility index (Phi) is 5.39. The Morgan fingerprint density at radius 2 is 1.86 bits per heavy atom. The highest BCUT2D eigenvalue weighted by molar-refractivity contribution is 7.22. The summed E-state index contributed by atoms with van der Waals surface area (Å²) < 4.78 is 6.57. The Balaban J connectivity index is 1.49. The molecule has 5 nitrogen and oxygen atoms in total. The molecule has 146 valence electrons. The summed E-state index contributed by atoms with van der Waals surface area (Å²) in [5, 5.41) is 4.69. The number of halogens is 1. The lowest BCUT2D eigenvalue weighted by Crippen LogP contribution is -2.11. The highest BCUT2D eigenvalue weighted by Crippen LogP contribution is 2.33. The number of fused-ring (bicyclic) bond motifs is 1. The van der Waals surface area contributed by atoms with Crippen LogP contribution in [-0.2, 0) is 0 Å². The molecule has 1 N–H and O–H groups in total. The first-order chi connectivity index (χ1) is 13.9. The van der Waals surface area contributed by atoms with Gasteiger partial charge in [-0.15, -0.1) is 0 Å². The summed E-state index contributed by atoms with van der Waals surface area (Å²) in [4.78, 5) is 13.1. The summed E-state index contributed by atoms with van der Waals surface area (Å²) in [5.74, 6) is 0. The highest BCUT2D eigenvalue weighted by atomic mass is 35.5. The van der Waals surface area contributed by atoms with Crippen molar-refractivity contribution in [3.05, 3.63) is 73.4 Å². The molecule has 0 amide bonds. The molecule has 0 aliphatic carbocycles. The number of rotatable bonds is 6. The van der Waals surface area contributed by atoms with E-state index >= 15 is 0 Å². The summed E-state index contributed by atoms with van der Waals surface area (Å²) in [7, 11) is 0. The number of nitrogens with zero attached hydrogens (tertiary/aromatic N) is 3. The number of para-hydroxylation sites is 1. The molecule has 2 radical (unpaired) electrons. The molecule has 4 rings (SSSR count). The van der Waals surface area contributed by atoms with Crippen LogP contribution in [0.15, 0.2) is 54.9 Å². The summed E-state index contributed by atoms with van der Waals surface area (Å²) >= 11 is 8.08. The maximum absolute atomic E-state index is 6.50. The minimum atomic E-state index is -0.318. The van der Waals surface area contributed by atoms with E-state index in [4.69, 9.17) is 16.3 Å². The largest absolute Gasteiger partial charge is 0.456 e. The molecule has 0 atom stereocenters. The Hall–Kier alpha value is -2.70. The van der Waals surface area contributed by atoms with Gasteiger partial charge in [0.2, 0.25) is 0 Å². The van der Waals surface area contributed by atoms with Crippen LogP contribution in [0, 0.1) is 18.9 Å². The van der Waals surface area contributed by atoms with Crippen molar-refractivity contribution in [2.75, 3.05) is 5.32 Å². The minimum absolute atomic E-state index is 0.283. The first-order valence-electron chi connectivity index (χ1n) is 8.98. The first kappa shape index (κ1) is 19.6. The van der Waals surface area contributed by atoms with Crippen LogP contribution in [0.5, 0.6) is 6.01 Å². The van der Waals surface area contributed by atoms with Gasteiger partial charge in [-0.2, -0.15) is 0 Å². The van der Waals surface area contributed by atoms with E-state index in [1.165, 1.54) is 0 Å². The van der Waals surface area contributed by atoms with Crippen LogP contribution in [-0.4, -0.2) is 15.0 Å². The number of nitrogens with one attached hydrogen (secondary N) is 1. The van der Waals surface area contributed by atoms with Gasteiger partial charge in [-0.3, -0.25) is 0 Å². The van der Waals surface area contributed by atoms with Crippen LogP contribution in [0.25, 0.3) is 21.3 Å². The van der Waals surface area contributed by atoms with E-state index in [1.54, 1.807) is 30.3 Å². The minimum Gasteiger partial charge on any atom is -0.456 e. The van der Waals surface area contributed by atoms with E-state index in [-0.39, 0.29) is 11.4 Å². The van der Waals surface area contributed by atoms with Gasteiger partial charge < -0.3 is 10.1 Å². The molecule has 2 heterocycles. The molecule has 0 fully saturated rings. The maximum atomic E-state index is 6.50. The number of thiazole rings is 1. The van der Waals surface area contributed by atoms with E-state index in [1.807, 2.05) is 56.3 Å². The standard InChI is InChI=1S/C22H19ClN4OS/c1-22(2,3)13-28-20-24-11-15(12-25-20)14-8-9-17(16(23)10-14)26-21-27-18-6-4-5-7-19(18)29-21/h4-13H,1H2,2-3H3,(H,26,27). The summed E-state index contributed by atoms with van der Waals surface area (Å²) in [6.45, 7) is 9.44. The number of ether oxygens (including phenoxy) is 1. The molecule has 0 saturated heterocycles. The van der Waals surface area contributed by atoms with Crippen molar-refractivity contribution >= 4 is 44.0 Å². The zero-order valence-corrected chi connectivity index (χ0v) is 17.6. The molecule has 0 aliphatic heterocycles. The molecule has 2 aromatic carbocycles. The third-order valence-electron chi connectivity index (χ3n) is 3.95. The highest BCUT2D eigenvalue weighted by Gasteiger charge is 2.14. The lowest BCUT2D eigenvalue weighted by atomic mass is 9.99. The average molecular weight is 423 g/mol. The van der Waals surface area contributed by atoms with Gasteiger partial charge in [0, 0.05) is 23.4 Å². The molecule has 29 heavy (non-hydrogen) atoms. The monoisotopic (exact) mass is 422 g/mol. The fourth-order valence-corrected chi connectivity index (χ4v) is 3.68. The third kappa shape index (κ3) is 4.83. The Morgan fingerprint density at radius 1 is 1.10 bits per heavy atom. The molecule has 2 aromatic heterocycles. The normalized spacial score (nSPS) is 11.6. The molecule has 0 bridgehead atoms. The lowest BCUT2D eigenvalue weighted by molar-refractivity contribution is 0.284. The van der Waals surface area contributed by atoms with Gasteiger partial charge in [-0.1, -0.05) is 55.0 Å². The maximum Gasteiger partial charge on any atom is 0.316 e. The second-order valence-corrected chi connectivity index (χ2v) is 8.72. The van der Waals surface area contributed by atoms with E-state index in [2.05, 4.69) is 27.2 Å². The Labute approximate surface area is 178 Å². The number of anilines is 2. The smallest absolute Gasteiger partial charge is 0.316 e. The van der Waals surface area contributed by atoms with Crippen LogP contribution in [0.3, 0.4) is 0 Å². The molecular formula is C22H19ClN4OS. The van der Waals surface area contributed by atoms with Crippen molar-refractivity contribution in [2.24, 2.45) is 5.41 Å². The summed E-state index contributed by atoms with van der Waals surface area (Å²) in [6, 6.07) is 14.1. The molecule has 0 unspecified atom stereocenters. The number of benzene rings is 2. The number of aromatic nitrogens is 3. The van der Waals surface area contributed by atoms with E-state index < -0.39 is 0 Å². The van der Waals surface area contributed by atoms with Crippen LogP contribution in [0.4, 0.5) is 10.8 Å². The first-order valence-corrected chi connectivity index (χ1v) is 10.2.